The molecule has 1 aromatic heterocycles. The summed E-state index contributed by atoms with van der Waals surface area (Å²) in [7, 11) is -4.19. The molecule has 0 spiro atoms. The maximum Gasteiger partial charge on any atom is 0.335 e. The smallest absolute Gasteiger partial charge is 0.335 e. The molecule has 8 heteroatoms. The van der Waals surface area contributed by atoms with Gasteiger partial charge in [-0.25, -0.2) is 18.4 Å². The number of aromatic carboxylic acids is 1. The van der Waals surface area contributed by atoms with Crippen LogP contribution >= 0.6 is 0 Å². The number of primary sulfonamides is 1. The number of rotatable bonds is 8. The number of ether oxygens (including phenoxy) is 1. The largest absolute Gasteiger partial charge is 0.478 e. The maximum atomic E-state index is 12.1. The van der Waals surface area contributed by atoms with Gasteiger partial charge in [-0.2, -0.15) is 0 Å². The Morgan fingerprint density at radius 2 is 1.75 bits per heavy atom. The molecule has 0 bridgehead atoms. The monoisotopic (exact) mass is 400 g/mol. The van der Waals surface area contributed by atoms with E-state index in [4.69, 9.17) is 9.88 Å². The lowest BCUT2D eigenvalue weighted by atomic mass is 10.0. The number of carboxylic acids is 1. The molecule has 0 radical (unpaired) electrons. The molecule has 28 heavy (non-hydrogen) atoms. The van der Waals surface area contributed by atoms with E-state index in [9.17, 15) is 18.3 Å². The van der Waals surface area contributed by atoms with Crippen LogP contribution in [0.5, 0.6) is 11.5 Å². The minimum atomic E-state index is -4.19. The van der Waals surface area contributed by atoms with E-state index in [2.05, 4.69) is 0 Å². The summed E-state index contributed by atoms with van der Waals surface area (Å²) in [6, 6.07) is 15.0. The Morgan fingerprint density at radius 1 is 1.07 bits per heavy atom. The third-order valence-corrected chi connectivity index (χ3v) is 5.09. The van der Waals surface area contributed by atoms with Crippen LogP contribution in [0, 0.1) is 0 Å². The summed E-state index contributed by atoms with van der Waals surface area (Å²) in [6.07, 6.45) is 4.92. The molecular weight excluding hydrogens is 380 g/mol. The number of para-hydroxylation sites is 1. The summed E-state index contributed by atoms with van der Waals surface area (Å²) < 4.78 is 32.1. The minimum absolute atomic E-state index is 0.0613. The molecule has 146 valence electrons. The molecule has 0 saturated heterocycles. The van der Waals surface area contributed by atoms with E-state index in [1.54, 1.807) is 30.3 Å². The molecule has 0 unspecified atom stereocenters. The van der Waals surface area contributed by atoms with E-state index in [0.717, 1.165) is 6.07 Å². The second kappa shape index (κ2) is 8.28. The Kier molecular flexibility index (Phi) is 5.81. The number of hydrogen-bond acceptors (Lipinski definition) is 4. The summed E-state index contributed by atoms with van der Waals surface area (Å²) in [5, 5.41) is 14.7. The standard InChI is InChI=1S/C20H20N2O5S/c21-28(25,26)18-14-16(20(23)24)13-15(7-6-12-22-10-4-5-11-22)19(18)27-17-8-2-1-3-9-17/h1-5,8-11,13-14H,6-7,12H2,(H,23,24)(H2,21,25,26). The first-order valence-electron chi connectivity index (χ1n) is 8.61. The number of nitrogens with two attached hydrogens (primary N) is 1. The average molecular weight is 400 g/mol. The third kappa shape index (κ3) is 4.79. The van der Waals surface area contributed by atoms with E-state index >= 15 is 0 Å². The van der Waals surface area contributed by atoms with Gasteiger partial charge in [0, 0.05) is 18.9 Å². The zero-order valence-electron chi connectivity index (χ0n) is 15.0. The van der Waals surface area contributed by atoms with Crippen molar-refractivity contribution in [3.8, 4) is 11.5 Å². The average Bonchev–Trinajstić information content (AvgIpc) is 3.16. The van der Waals surface area contributed by atoms with Crippen molar-refractivity contribution in [2.24, 2.45) is 5.14 Å². The van der Waals surface area contributed by atoms with Crippen molar-refractivity contribution >= 4 is 16.0 Å². The number of carboxylic acid groups (broad SMARTS) is 1. The fourth-order valence-corrected chi connectivity index (χ4v) is 3.60. The summed E-state index contributed by atoms with van der Waals surface area (Å²) in [5.41, 5.74) is 0.320. The Balaban J connectivity index is 2.02. The van der Waals surface area contributed by atoms with Crippen LogP contribution in [0.1, 0.15) is 22.3 Å². The Labute approximate surface area is 163 Å². The van der Waals surface area contributed by atoms with Crippen LogP contribution in [-0.4, -0.2) is 24.1 Å². The lowest BCUT2D eigenvalue weighted by Gasteiger charge is -2.16. The molecule has 3 N–H and O–H groups in total. The van der Waals surface area contributed by atoms with Crippen LogP contribution in [0.3, 0.4) is 0 Å². The zero-order valence-corrected chi connectivity index (χ0v) is 15.8. The molecule has 0 atom stereocenters. The highest BCUT2D eigenvalue weighted by atomic mass is 32.2. The van der Waals surface area contributed by atoms with Crippen LogP contribution in [0.15, 0.2) is 71.9 Å². The van der Waals surface area contributed by atoms with E-state index < -0.39 is 16.0 Å². The van der Waals surface area contributed by atoms with Gasteiger partial charge in [-0.05, 0) is 54.8 Å². The topological polar surface area (TPSA) is 112 Å². The first kappa shape index (κ1) is 19.7. The highest BCUT2D eigenvalue weighted by molar-refractivity contribution is 7.89. The van der Waals surface area contributed by atoms with Gasteiger partial charge in [-0.1, -0.05) is 18.2 Å². The van der Waals surface area contributed by atoms with Gasteiger partial charge < -0.3 is 14.4 Å². The molecule has 0 amide bonds. The van der Waals surface area contributed by atoms with Gasteiger partial charge in [-0.15, -0.1) is 0 Å². The van der Waals surface area contributed by atoms with Crippen LogP contribution in [0.2, 0.25) is 0 Å². The van der Waals surface area contributed by atoms with Gasteiger partial charge in [0.1, 0.15) is 10.6 Å². The molecule has 0 fully saturated rings. The number of benzene rings is 2. The molecular formula is C20H20N2O5S. The lowest BCUT2D eigenvalue weighted by Crippen LogP contribution is -2.16. The quantitative estimate of drug-likeness (QED) is 0.603. The summed E-state index contributed by atoms with van der Waals surface area (Å²) in [6.45, 7) is 0.694. The highest BCUT2D eigenvalue weighted by Crippen LogP contribution is 2.34. The first-order valence-corrected chi connectivity index (χ1v) is 10.2. The van der Waals surface area contributed by atoms with Gasteiger partial charge in [-0.3, -0.25) is 0 Å². The van der Waals surface area contributed by atoms with Gasteiger partial charge in [0.15, 0.2) is 5.75 Å². The highest BCUT2D eigenvalue weighted by Gasteiger charge is 2.23. The van der Waals surface area contributed by atoms with Crippen molar-refractivity contribution in [1.82, 2.24) is 4.57 Å². The van der Waals surface area contributed by atoms with E-state index in [1.165, 1.54) is 6.07 Å². The number of nitrogens with zero attached hydrogens (tertiary/aromatic N) is 1. The molecule has 3 aromatic rings. The fraction of sp³-hybridized carbons (Fsp3) is 0.150. The first-order chi connectivity index (χ1) is 13.3. The number of sulfonamides is 1. The summed E-state index contributed by atoms with van der Waals surface area (Å²) in [5.74, 6) is -0.740. The Hall–Kier alpha value is -3.10. The number of carbonyl (C=O) groups is 1. The predicted molar refractivity (Wildman–Crippen MR) is 104 cm³/mol. The molecule has 2 aromatic carbocycles. The van der Waals surface area contributed by atoms with Crippen LogP contribution < -0.4 is 9.88 Å². The van der Waals surface area contributed by atoms with E-state index in [0.29, 0.717) is 30.7 Å². The van der Waals surface area contributed by atoms with Gasteiger partial charge in [0.25, 0.3) is 0 Å². The molecule has 3 rings (SSSR count). The molecule has 1 heterocycles. The lowest BCUT2D eigenvalue weighted by molar-refractivity contribution is 0.0696. The second-order valence-electron chi connectivity index (χ2n) is 6.25. The Bertz CT molecular complexity index is 1060. The minimum Gasteiger partial charge on any atom is -0.478 e. The zero-order chi connectivity index (χ0) is 20.1. The van der Waals surface area contributed by atoms with Crippen molar-refractivity contribution in [3.05, 3.63) is 78.1 Å². The SMILES string of the molecule is NS(=O)(=O)c1cc(C(=O)O)cc(CCCn2cccc2)c1Oc1ccccc1. The number of aromatic nitrogens is 1. The van der Waals surface area contributed by atoms with Crippen molar-refractivity contribution in [1.29, 1.82) is 0 Å². The molecule has 0 saturated carbocycles. The van der Waals surface area contributed by atoms with Crippen molar-refractivity contribution in [2.45, 2.75) is 24.3 Å². The van der Waals surface area contributed by atoms with Crippen molar-refractivity contribution < 1.29 is 23.1 Å². The van der Waals surface area contributed by atoms with Crippen molar-refractivity contribution in [3.63, 3.8) is 0 Å². The van der Waals surface area contributed by atoms with Gasteiger partial charge >= 0.3 is 5.97 Å². The van der Waals surface area contributed by atoms with Gasteiger partial charge in [0.2, 0.25) is 10.0 Å². The summed E-state index contributed by atoms with van der Waals surface area (Å²) in [4.78, 5) is 11.1. The van der Waals surface area contributed by atoms with Crippen LogP contribution in [0.4, 0.5) is 0 Å². The Morgan fingerprint density at radius 3 is 2.36 bits per heavy atom. The predicted octanol–water partition coefficient (Wildman–Crippen LogP) is 3.26. The summed E-state index contributed by atoms with van der Waals surface area (Å²) >= 11 is 0. The van der Waals surface area contributed by atoms with Crippen molar-refractivity contribution in [2.75, 3.05) is 0 Å². The number of aryl methyl sites for hydroxylation is 2. The van der Waals surface area contributed by atoms with E-state index in [1.807, 2.05) is 29.1 Å². The molecule has 7 nitrogen and oxygen atoms in total. The second-order valence-corrected chi connectivity index (χ2v) is 7.78. The van der Waals surface area contributed by atoms with E-state index in [-0.39, 0.29) is 16.2 Å². The van der Waals surface area contributed by atoms with Crippen LogP contribution in [-0.2, 0) is 23.0 Å². The number of hydrogen-bond donors (Lipinski definition) is 2. The van der Waals surface area contributed by atoms with Gasteiger partial charge in [0.05, 0.1) is 5.56 Å². The maximum absolute atomic E-state index is 12.1. The van der Waals surface area contributed by atoms with Crippen LogP contribution in [0.25, 0.3) is 0 Å². The third-order valence-electron chi connectivity index (χ3n) is 4.18. The fourth-order valence-electron chi connectivity index (χ4n) is 2.87. The molecule has 0 aliphatic carbocycles. The molecule has 0 aliphatic rings. The normalized spacial score (nSPS) is 11.3. The molecule has 0 aliphatic heterocycles.